The molecule has 1 fully saturated rings. The highest BCUT2D eigenvalue weighted by molar-refractivity contribution is 7.21. The molecule has 1 aliphatic heterocycles. The Morgan fingerprint density at radius 1 is 1.33 bits per heavy atom. The van der Waals surface area contributed by atoms with Gasteiger partial charge in [-0.05, 0) is 45.2 Å². The van der Waals surface area contributed by atoms with Crippen molar-refractivity contribution in [1.82, 2.24) is 10.3 Å². The highest BCUT2D eigenvalue weighted by Crippen LogP contribution is 2.42. The number of carbonyl (C=O) groups excluding carboxylic acids is 1. The van der Waals surface area contributed by atoms with E-state index in [-0.39, 0.29) is 22.2 Å². The lowest BCUT2D eigenvalue weighted by atomic mass is 9.97. The van der Waals surface area contributed by atoms with Crippen LogP contribution in [0.2, 0.25) is 0 Å². The van der Waals surface area contributed by atoms with E-state index in [4.69, 9.17) is 14.7 Å². The van der Waals surface area contributed by atoms with Gasteiger partial charge in [0.05, 0.1) is 46.0 Å². The van der Waals surface area contributed by atoms with Gasteiger partial charge >= 0.3 is 5.88 Å². The van der Waals surface area contributed by atoms with Crippen molar-refractivity contribution in [1.29, 1.82) is 0 Å². The molecule has 11 heteroatoms. The van der Waals surface area contributed by atoms with E-state index in [0.29, 0.717) is 32.8 Å². The number of aryl methyl sites for hydroxylation is 1. The quantitative estimate of drug-likeness (QED) is 0.205. The van der Waals surface area contributed by atoms with Gasteiger partial charge in [0.1, 0.15) is 10.6 Å². The Morgan fingerprint density at radius 2 is 2.12 bits per heavy atom. The molecule has 5 heterocycles. The van der Waals surface area contributed by atoms with E-state index in [1.165, 1.54) is 19.6 Å². The zero-order valence-electron chi connectivity index (χ0n) is 18.2. The van der Waals surface area contributed by atoms with E-state index < -0.39 is 5.90 Å². The third-order valence-corrected chi connectivity index (χ3v) is 6.74. The fourth-order valence-corrected chi connectivity index (χ4v) is 5.20. The van der Waals surface area contributed by atoms with Crippen molar-refractivity contribution in [2.45, 2.75) is 33.1 Å². The van der Waals surface area contributed by atoms with Crippen LogP contribution < -0.4 is 20.6 Å². The molecule has 2 N–H and O–H groups in total. The van der Waals surface area contributed by atoms with Gasteiger partial charge in [-0.3, -0.25) is 9.32 Å². The van der Waals surface area contributed by atoms with E-state index in [9.17, 15) is 9.90 Å². The number of nitrogens with two attached hydrogens (primary N) is 1. The summed E-state index contributed by atoms with van der Waals surface area (Å²) in [4.78, 5) is 23.4. The number of thiophene rings is 1. The number of anilines is 1. The molecule has 0 spiro atoms. The predicted molar refractivity (Wildman–Crippen MR) is 121 cm³/mol. The van der Waals surface area contributed by atoms with Gasteiger partial charge in [-0.25, -0.2) is 9.98 Å². The van der Waals surface area contributed by atoms with Gasteiger partial charge in [0.15, 0.2) is 5.78 Å². The maximum Gasteiger partial charge on any atom is 0.324 e. The third-order valence-electron chi connectivity index (χ3n) is 5.65. The summed E-state index contributed by atoms with van der Waals surface area (Å²) in [5.74, 6) is -0.165. The Morgan fingerprint density at radius 3 is 2.82 bits per heavy atom. The largest absolute Gasteiger partial charge is 0.857 e. The standard InChI is InChI=1S/C22H22N6O4S/c1-12-16(13(2)29)17(14-7-6-10-31-14)18-19(23)20(33-22(18)24-12)21(30)25-15-11-28(26-32-15)27-8-4-3-5-9-27/h6-7,10-11H,3-5,8-9H2,1-2H3,(H2-,23,25,26,30). The van der Waals surface area contributed by atoms with E-state index in [0.717, 1.165) is 37.3 Å². The molecule has 0 bridgehead atoms. The van der Waals surface area contributed by atoms with E-state index in [1.54, 1.807) is 30.0 Å². The monoisotopic (exact) mass is 466 g/mol. The van der Waals surface area contributed by atoms with Crippen molar-refractivity contribution in [3.63, 3.8) is 0 Å². The number of nitrogen functional groups attached to an aromatic ring is 1. The minimum atomic E-state index is -0.565. The number of fused-ring (bicyclic) bond motifs is 1. The fourth-order valence-electron chi connectivity index (χ4n) is 4.17. The second-order valence-corrected chi connectivity index (χ2v) is 8.90. The van der Waals surface area contributed by atoms with Crippen LogP contribution in [0, 0.1) is 6.92 Å². The number of piperidine rings is 1. The molecule has 10 nitrogen and oxygen atoms in total. The van der Waals surface area contributed by atoms with Crippen molar-refractivity contribution in [2.75, 3.05) is 23.8 Å². The molecule has 0 unspecified atom stereocenters. The van der Waals surface area contributed by atoms with Crippen LogP contribution >= 0.6 is 11.3 Å². The Bertz CT molecular complexity index is 1370. The van der Waals surface area contributed by atoms with Crippen LogP contribution in [0.5, 0.6) is 0 Å². The molecular formula is C22H22N6O4S. The van der Waals surface area contributed by atoms with Crippen LogP contribution in [-0.2, 0) is 0 Å². The Balaban J connectivity index is 1.59. The van der Waals surface area contributed by atoms with Gasteiger partial charge in [0.2, 0.25) is 5.27 Å². The number of nitrogens with zero attached hydrogens (tertiary/aromatic N) is 5. The van der Waals surface area contributed by atoms with Gasteiger partial charge < -0.3 is 15.3 Å². The lowest BCUT2D eigenvalue weighted by Crippen LogP contribution is -2.60. The summed E-state index contributed by atoms with van der Waals surface area (Å²) in [6.07, 6.45) is 6.45. The number of aliphatic imine (C=N–C) groups is 1. The normalized spacial score (nSPS) is 14.8. The van der Waals surface area contributed by atoms with E-state index in [2.05, 4.69) is 15.2 Å². The maximum absolute atomic E-state index is 13.0. The minimum Gasteiger partial charge on any atom is -0.857 e. The second kappa shape index (κ2) is 8.32. The van der Waals surface area contributed by atoms with Crippen LogP contribution in [-0.4, -0.2) is 35.0 Å². The zero-order valence-corrected chi connectivity index (χ0v) is 19.0. The number of rotatable bonds is 5. The first-order valence-corrected chi connectivity index (χ1v) is 11.4. The summed E-state index contributed by atoms with van der Waals surface area (Å²) in [5, 5.41) is 19.5. The first-order chi connectivity index (χ1) is 15.9. The van der Waals surface area contributed by atoms with Crippen LogP contribution in [0.3, 0.4) is 0 Å². The fraction of sp³-hybridized carbons (Fsp3) is 0.318. The molecule has 0 radical (unpaired) electrons. The van der Waals surface area contributed by atoms with Gasteiger partial charge in [0.25, 0.3) is 6.20 Å². The van der Waals surface area contributed by atoms with Crippen molar-refractivity contribution in [3.8, 4) is 11.3 Å². The number of furan rings is 1. The Kier molecular flexibility index (Phi) is 5.33. The summed E-state index contributed by atoms with van der Waals surface area (Å²) in [6, 6.07) is 3.48. The van der Waals surface area contributed by atoms with E-state index >= 15 is 0 Å². The highest BCUT2D eigenvalue weighted by Gasteiger charge is 2.25. The molecule has 170 valence electrons. The summed E-state index contributed by atoms with van der Waals surface area (Å²) >= 11 is 1.12. The molecule has 0 saturated carbocycles. The number of Topliss-reactive ketones (excluding diaryl/α,β-unsaturated/α-hetero) is 1. The number of hydrogen-bond donors (Lipinski definition) is 1. The van der Waals surface area contributed by atoms with Crippen LogP contribution in [0.25, 0.3) is 21.5 Å². The molecule has 0 amide bonds. The maximum atomic E-state index is 13.0. The Labute approximate surface area is 192 Å². The first-order valence-electron chi connectivity index (χ1n) is 10.6. The predicted octanol–water partition coefficient (Wildman–Crippen LogP) is 2.49. The average molecular weight is 467 g/mol. The summed E-state index contributed by atoms with van der Waals surface area (Å²) in [5.41, 5.74) is 8.10. The molecule has 1 aliphatic rings. The lowest BCUT2D eigenvalue weighted by Gasteiger charge is -2.17. The van der Waals surface area contributed by atoms with Gasteiger partial charge in [-0.2, -0.15) is 5.01 Å². The van der Waals surface area contributed by atoms with E-state index in [1.807, 2.05) is 5.01 Å². The van der Waals surface area contributed by atoms with Crippen LogP contribution in [0.4, 0.5) is 11.6 Å². The molecule has 1 saturated heterocycles. The average Bonchev–Trinajstić information content (AvgIpc) is 3.54. The number of ketones is 1. The van der Waals surface area contributed by atoms with Gasteiger partial charge in [-0.15, -0.1) is 11.3 Å². The van der Waals surface area contributed by atoms with Crippen molar-refractivity contribution >= 4 is 44.8 Å². The van der Waals surface area contributed by atoms with Crippen LogP contribution in [0.1, 0.15) is 47.1 Å². The highest BCUT2D eigenvalue weighted by atomic mass is 32.1. The molecular weight excluding hydrogens is 444 g/mol. The molecule has 5 rings (SSSR count). The number of pyridine rings is 1. The summed E-state index contributed by atoms with van der Waals surface area (Å²) < 4.78 is 10.8. The molecule has 33 heavy (non-hydrogen) atoms. The number of hydrogen-bond acceptors (Lipinski definition) is 10. The van der Waals surface area contributed by atoms with Crippen LogP contribution in [0.15, 0.2) is 38.5 Å². The van der Waals surface area contributed by atoms with Crippen molar-refractivity contribution in [3.05, 3.63) is 40.7 Å². The first kappa shape index (κ1) is 21.1. The minimum absolute atomic E-state index is 0.0854. The molecule has 0 aliphatic carbocycles. The summed E-state index contributed by atoms with van der Waals surface area (Å²) in [7, 11) is 0. The molecule has 4 aromatic rings. The number of aromatic nitrogens is 3. The second-order valence-electron chi connectivity index (χ2n) is 7.90. The molecule has 0 atom stereocenters. The van der Waals surface area contributed by atoms with Crippen molar-refractivity contribution < 1.29 is 23.6 Å². The Hall–Kier alpha value is -3.73. The topological polar surface area (TPSA) is 138 Å². The molecule has 4 aromatic heterocycles. The van der Waals surface area contributed by atoms with Gasteiger partial charge in [-0.1, -0.05) is 0 Å². The SMILES string of the molecule is CC(=O)c1c(C)nc2sc(/C([O-])=N/c3c[n+](N4CCCCC4)no3)c(N)c2c1-c1ccco1. The third kappa shape index (κ3) is 3.74. The number of carbonyl (C=O) groups is 1. The smallest absolute Gasteiger partial charge is 0.324 e. The molecule has 0 aromatic carbocycles. The lowest BCUT2D eigenvalue weighted by molar-refractivity contribution is -0.759. The summed E-state index contributed by atoms with van der Waals surface area (Å²) in [6.45, 7) is 4.95. The van der Waals surface area contributed by atoms with Gasteiger partial charge in [0, 0.05) is 16.8 Å². The zero-order chi connectivity index (χ0) is 23.1. The van der Waals surface area contributed by atoms with Crippen molar-refractivity contribution in [2.24, 2.45) is 4.99 Å².